The number of aliphatic hydroxyl groups is 1. The monoisotopic (exact) mass is 425 g/mol. The number of unbranched alkanes of at least 4 members (excludes halogenated alkanes) is 3. The van der Waals surface area contributed by atoms with Gasteiger partial charge in [0.2, 0.25) is 5.91 Å². The molecule has 1 aromatic carbocycles. The fourth-order valence-corrected chi connectivity index (χ4v) is 3.62. The van der Waals surface area contributed by atoms with Crippen LogP contribution in [-0.4, -0.2) is 56.1 Å². The molecule has 1 aliphatic rings. The Kier molecular flexibility index (Phi) is 16.0. The second-order valence-corrected chi connectivity index (χ2v) is 7.43. The molecule has 0 aromatic heterocycles. The predicted octanol–water partition coefficient (Wildman–Crippen LogP) is -0.797. The molecule has 0 saturated carbocycles. The van der Waals surface area contributed by atoms with Crippen LogP contribution < -0.4 is 29.6 Å². The summed E-state index contributed by atoms with van der Waals surface area (Å²) in [4.78, 5) is 25.4. The van der Waals surface area contributed by atoms with Crippen LogP contribution in [0.3, 0.4) is 0 Å². The molecule has 1 amide bonds. The molecule has 0 aliphatic carbocycles. The molecule has 1 unspecified atom stereocenters. The Bertz CT molecular complexity index is 641. The van der Waals surface area contributed by atoms with Crippen molar-refractivity contribution in [2.24, 2.45) is 0 Å². The van der Waals surface area contributed by atoms with Crippen LogP contribution >= 0.6 is 0 Å². The first-order valence-electron chi connectivity index (χ1n) is 10.4. The van der Waals surface area contributed by atoms with Gasteiger partial charge in [0.15, 0.2) is 0 Å². The van der Waals surface area contributed by atoms with E-state index in [0.717, 1.165) is 50.6 Å². The standard InChI is InChI=1S/C23H33NO4.BH4.Na/c1-28-23(27)14-7-2-3-8-17-24-20(12-9-13-22(24)26)15-16-21(25)18-19-10-5-4-6-11-19;;/h4-6,10-11,15-16,20-21,25H,2-3,7-9,12-14,17-18H2,1H3;1H4;/q;-1;+1/b16-15+;;/t20?,21-;;/m0../s1. The van der Waals surface area contributed by atoms with Crippen LogP contribution in [-0.2, 0) is 20.7 Å². The number of nitrogens with zero attached hydrogens (tertiary/aromatic N) is 1. The fourth-order valence-electron chi connectivity index (χ4n) is 3.62. The van der Waals surface area contributed by atoms with Gasteiger partial charge >= 0.3 is 35.5 Å². The molecule has 0 spiro atoms. The smallest absolute Gasteiger partial charge is 0.469 e. The quantitative estimate of drug-likeness (QED) is 0.218. The summed E-state index contributed by atoms with van der Waals surface area (Å²) in [5, 5.41) is 10.3. The van der Waals surface area contributed by atoms with E-state index in [9.17, 15) is 14.7 Å². The zero-order valence-corrected chi connectivity index (χ0v) is 19.9. The molecule has 30 heavy (non-hydrogen) atoms. The Morgan fingerprint density at radius 1 is 1.23 bits per heavy atom. The van der Waals surface area contributed by atoms with Crippen molar-refractivity contribution in [3.8, 4) is 0 Å². The third-order valence-electron chi connectivity index (χ3n) is 5.21. The van der Waals surface area contributed by atoms with Gasteiger partial charge in [0.25, 0.3) is 0 Å². The molecule has 2 rings (SSSR count). The summed E-state index contributed by atoms with van der Waals surface area (Å²) in [5.41, 5.74) is 1.10. The third-order valence-corrected chi connectivity index (χ3v) is 5.21. The van der Waals surface area contributed by atoms with E-state index in [-0.39, 0.29) is 55.9 Å². The van der Waals surface area contributed by atoms with Crippen molar-refractivity contribution in [1.82, 2.24) is 4.90 Å². The topological polar surface area (TPSA) is 66.8 Å². The molecule has 7 heteroatoms. The minimum absolute atomic E-state index is 0. The minimum Gasteiger partial charge on any atom is -0.469 e. The molecular formula is C23H37BNNaO4. The molecule has 1 aliphatic heterocycles. The van der Waals surface area contributed by atoms with Crippen molar-refractivity contribution >= 4 is 20.3 Å². The molecule has 1 saturated heterocycles. The van der Waals surface area contributed by atoms with Crippen LogP contribution in [0.5, 0.6) is 0 Å². The SMILES string of the molecule is COC(=O)CCCCCCN1C(=O)CCCC1/C=C/[C@H](O)Cc1ccccc1.[BH4-].[Na+]. The van der Waals surface area contributed by atoms with Gasteiger partial charge in [-0.3, -0.25) is 9.59 Å². The van der Waals surface area contributed by atoms with Gasteiger partial charge in [-0.2, -0.15) is 0 Å². The maximum atomic E-state index is 12.4. The van der Waals surface area contributed by atoms with E-state index in [0.29, 0.717) is 19.3 Å². The normalized spacial score (nSPS) is 17.2. The summed E-state index contributed by atoms with van der Waals surface area (Å²) < 4.78 is 4.64. The van der Waals surface area contributed by atoms with Crippen molar-refractivity contribution in [3.63, 3.8) is 0 Å². The summed E-state index contributed by atoms with van der Waals surface area (Å²) in [6, 6.07) is 9.99. The third kappa shape index (κ3) is 10.8. The summed E-state index contributed by atoms with van der Waals surface area (Å²) in [5.74, 6) is 0.0403. The van der Waals surface area contributed by atoms with Crippen LogP contribution in [0.15, 0.2) is 42.5 Å². The minimum atomic E-state index is -0.542. The first kappa shape index (κ1) is 28.9. The number of likely N-dealkylation sites (tertiary alicyclic amines) is 1. The number of ether oxygens (including phenoxy) is 1. The van der Waals surface area contributed by atoms with Crippen molar-refractivity contribution in [2.75, 3.05) is 13.7 Å². The molecule has 1 heterocycles. The van der Waals surface area contributed by atoms with Gasteiger partial charge in [-0.15, -0.1) is 0 Å². The largest absolute Gasteiger partial charge is 1.00 e. The maximum absolute atomic E-state index is 12.4. The number of carbonyl (C=O) groups is 2. The number of rotatable bonds is 11. The number of aliphatic hydroxyl groups excluding tert-OH is 1. The zero-order valence-electron chi connectivity index (χ0n) is 17.9. The van der Waals surface area contributed by atoms with E-state index in [1.54, 1.807) is 0 Å². The fraction of sp³-hybridized carbons (Fsp3) is 0.565. The zero-order chi connectivity index (χ0) is 20.2. The number of hydrogen-bond acceptors (Lipinski definition) is 4. The summed E-state index contributed by atoms with van der Waals surface area (Å²) in [6.45, 7) is 0.737. The van der Waals surface area contributed by atoms with Gasteiger partial charge in [0.1, 0.15) is 0 Å². The molecule has 5 nitrogen and oxygen atoms in total. The first-order valence-corrected chi connectivity index (χ1v) is 10.4. The Balaban J connectivity index is 0.00000420. The van der Waals surface area contributed by atoms with Gasteiger partial charge < -0.3 is 14.7 Å². The van der Waals surface area contributed by atoms with E-state index < -0.39 is 6.10 Å². The number of esters is 1. The Labute approximate surface area is 205 Å². The van der Waals surface area contributed by atoms with Gasteiger partial charge in [-0.05, 0) is 31.2 Å². The van der Waals surface area contributed by atoms with E-state index in [1.807, 2.05) is 47.4 Å². The van der Waals surface area contributed by atoms with Crippen molar-refractivity contribution in [1.29, 1.82) is 0 Å². The summed E-state index contributed by atoms with van der Waals surface area (Å²) in [7, 11) is 1.41. The van der Waals surface area contributed by atoms with E-state index in [1.165, 1.54) is 7.11 Å². The second kappa shape index (κ2) is 16.6. The molecule has 0 bridgehead atoms. The second-order valence-electron chi connectivity index (χ2n) is 7.43. The molecule has 2 atom stereocenters. The molecule has 1 fully saturated rings. The first-order chi connectivity index (χ1) is 13.6. The predicted molar refractivity (Wildman–Crippen MR) is 121 cm³/mol. The molecule has 1 N–H and O–H groups in total. The average Bonchev–Trinajstić information content (AvgIpc) is 2.70. The summed E-state index contributed by atoms with van der Waals surface area (Å²) in [6.07, 6.45) is 10.5. The van der Waals surface area contributed by atoms with Gasteiger partial charge in [0, 0.05) is 25.8 Å². The van der Waals surface area contributed by atoms with Crippen molar-refractivity contribution in [2.45, 2.75) is 69.9 Å². The Morgan fingerprint density at radius 2 is 1.93 bits per heavy atom. The molecule has 1 aromatic rings. The average molecular weight is 425 g/mol. The van der Waals surface area contributed by atoms with E-state index in [2.05, 4.69) is 4.74 Å². The van der Waals surface area contributed by atoms with Crippen molar-refractivity contribution in [3.05, 3.63) is 48.0 Å². The van der Waals surface area contributed by atoms with E-state index >= 15 is 0 Å². The van der Waals surface area contributed by atoms with Crippen LogP contribution in [0.4, 0.5) is 0 Å². The Hall–Kier alpha value is -1.08. The number of piperidine rings is 1. The number of carbonyl (C=O) groups excluding carboxylic acids is 2. The number of hydrogen-bond donors (Lipinski definition) is 1. The summed E-state index contributed by atoms with van der Waals surface area (Å²) >= 11 is 0. The maximum Gasteiger partial charge on any atom is 1.00 e. The van der Waals surface area contributed by atoms with Crippen molar-refractivity contribution < 1.29 is 49.0 Å². The number of benzene rings is 1. The molecule has 162 valence electrons. The molecular weight excluding hydrogens is 388 g/mol. The van der Waals surface area contributed by atoms with Gasteiger partial charge in [-0.25, -0.2) is 0 Å². The van der Waals surface area contributed by atoms with Crippen LogP contribution in [0.2, 0.25) is 0 Å². The van der Waals surface area contributed by atoms with Crippen LogP contribution in [0.25, 0.3) is 0 Å². The van der Waals surface area contributed by atoms with Crippen LogP contribution in [0, 0.1) is 0 Å². The molecule has 0 radical (unpaired) electrons. The Morgan fingerprint density at radius 3 is 2.63 bits per heavy atom. The van der Waals surface area contributed by atoms with E-state index in [4.69, 9.17) is 0 Å². The number of methoxy groups -OCH3 is 1. The van der Waals surface area contributed by atoms with Gasteiger partial charge in [-0.1, -0.05) is 63.7 Å². The van der Waals surface area contributed by atoms with Crippen LogP contribution in [0.1, 0.15) is 56.9 Å². The van der Waals surface area contributed by atoms with Gasteiger partial charge in [0.05, 0.1) is 19.3 Å². The number of amides is 1.